The molecule has 2 rings (SSSR count). The summed E-state index contributed by atoms with van der Waals surface area (Å²) in [6, 6.07) is 7.44. The third-order valence-electron chi connectivity index (χ3n) is 7.20. The van der Waals surface area contributed by atoms with Crippen LogP contribution in [0.1, 0.15) is 38.7 Å². The molecular formula is C32H45N3O10. The van der Waals surface area contributed by atoms with Crippen LogP contribution in [0.5, 0.6) is 0 Å². The second-order valence-electron chi connectivity index (χ2n) is 10.4. The summed E-state index contributed by atoms with van der Waals surface area (Å²) in [6.45, 7) is 7.54. The smallest absolute Gasteiger partial charge is 0.323 e. The molecule has 1 aliphatic rings. The minimum absolute atomic E-state index is 0.0955. The van der Waals surface area contributed by atoms with E-state index in [1.165, 1.54) is 14.2 Å². The molecule has 3 atom stereocenters. The fourth-order valence-electron chi connectivity index (χ4n) is 4.81. The molecule has 0 aromatic heterocycles. The molecule has 45 heavy (non-hydrogen) atoms. The first kappa shape index (κ1) is 37.1. The highest BCUT2D eigenvalue weighted by molar-refractivity contribution is 5.87. The van der Waals surface area contributed by atoms with E-state index in [2.05, 4.69) is 16.7 Å². The number of ether oxygens (including phenoxy) is 4. The zero-order chi connectivity index (χ0) is 33.2. The molecule has 1 N–H and O–H groups in total. The Hall–Kier alpha value is -4.07. The van der Waals surface area contributed by atoms with Crippen LogP contribution in [0.2, 0.25) is 0 Å². The quantitative estimate of drug-likeness (QED) is 0.0697. The van der Waals surface area contributed by atoms with Gasteiger partial charge in [-0.25, -0.2) is 0 Å². The van der Waals surface area contributed by atoms with Crippen molar-refractivity contribution in [2.24, 2.45) is 0 Å². The molecule has 0 saturated heterocycles. The fraction of sp³-hybridized carbons (Fsp3) is 0.531. The Morgan fingerprint density at radius 1 is 1.16 bits per heavy atom. The van der Waals surface area contributed by atoms with Gasteiger partial charge in [0.25, 0.3) is 5.09 Å². The standard InChI is InChI=1S/C32H45N3O10/c1-6-25-20-34(21-30(36)23(3)33-28(31(37)43-7-2)15-14-24-12-9-8-10-13-24)29(19-26(25)18-27(42-5)22-41-4)32(38)44-16-11-17-45-35(39)40/h6,8-10,12-13,18,23,28-29,33H,1,7,11,14-17,19-22H2,2-5H3/b27-18+. The van der Waals surface area contributed by atoms with E-state index in [0.29, 0.717) is 18.6 Å². The topological polar surface area (TPSA) is 156 Å². The Bertz CT molecular complexity index is 1200. The molecule has 0 radical (unpaired) electrons. The maximum absolute atomic E-state index is 13.5. The van der Waals surface area contributed by atoms with Crippen molar-refractivity contribution in [3.63, 3.8) is 0 Å². The zero-order valence-electron chi connectivity index (χ0n) is 26.5. The van der Waals surface area contributed by atoms with Crippen molar-refractivity contribution in [3.8, 4) is 0 Å². The highest BCUT2D eigenvalue weighted by Gasteiger charge is 2.35. The molecule has 13 heteroatoms. The van der Waals surface area contributed by atoms with Crippen LogP contribution in [0.25, 0.3) is 0 Å². The summed E-state index contributed by atoms with van der Waals surface area (Å²) in [7, 11) is 3.05. The van der Waals surface area contributed by atoms with Crippen LogP contribution in [0, 0.1) is 10.1 Å². The first-order valence-corrected chi connectivity index (χ1v) is 14.9. The van der Waals surface area contributed by atoms with Gasteiger partial charge in [-0.05, 0) is 55.9 Å². The first-order chi connectivity index (χ1) is 21.6. The molecule has 1 aromatic carbocycles. The number of methoxy groups -OCH3 is 2. The number of ketones is 1. The summed E-state index contributed by atoms with van der Waals surface area (Å²) in [5, 5.41) is 12.6. The van der Waals surface area contributed by atoms with Crippen LogP contribution in [0.3, 0.4) is 0 Å². The van der Waals surface area contributed by atoms with E-state index < -0.39 is 35.2 Å². The van der Waals surface area contributed by atoms with Gasteiger partial charge in [-0.1, -0.05) is 43.0 Å². The number of Topliss-reactive ketones (excluding diaryl/α,β-unsaturated/α-hetero) is 1. The Kier molecular flexibility index (Phi) is 16.5. The van der Waals surface area contributed by atoms with E-state index in [4.69, 9.17) is 18.9 Å². The second kappa shape index (κ2) is 20.1. The molecule has 248 valence electrons. The monoisotopic (exact) mass is 631 g/mol. The van der Waals surface area contributed by atoms with Crippen LogP contribution in [-0.2, 0) is 44.6 Å². The highest BCUT2D eigenvalue weighted by Crippen LogP contribution is 2.27. The number of benzene rings is 1. The Morgan fingerprint density at radius 2 is 1.89 bits per heavy atom. The van der Waals surface area contributed by atoms with Gasteiger partial charge in [0.15, 0.2) is 5.78 Å². The van der Waals surface area contributed by atoms with Gasteiger partial charge in [0.2, 0.25) is 0 Å². The number of hydrogen-bond acceptors (Lipinski definition) is 12. The van der Waals surface area contributed by atoms with Gasteiger partial charge < -0.3 is 23.8 Å². The summed E-state index contributed by atoms with van der Waals surface area (Å²) < 4.78 is 21.3. The van der Waals surface area contributed by atoms with E-state index in [1.54, 1.807) is 30.9 Å². The molecule has 3 unspecified atom stereocenters. The minimum Gasteiger partial charge on any atom is -0.499 e. The van der Waals surface area contributed by atoms with Gasteiger partial charge in [0.05, 0.1) is 39.5 Å². The van der Waals surface area contributed by atoms with Crippen molar-refractivity contribution in [2.75, 3.05) is 53.7 Å². The second-order valence-corrected chi connectivity index (χ2v) is 10.4. The SMILES string of the molecule is C=CC1=C(/C=C(\COC)OC)CC(C(=O)OCCCO[N+](=O)[O-])N(CC(=O)C(C)NC(CCc2ccccc2)C(=O)OCC)C1. The van der Waals surface area contributed by atoms with Crippen LogP contribution in [0.4, 0.5) is 0 Å². The number of esters is 2. The van der Waals surface area contributed by atoms with E-state index in [9.17, 15) is 24.5 Å². The number of rotatable bonds is 21. The van der Waals surface area contributed by atoms with Crippen molar-refractivity contribution in [1.29, 1.82) is 0 Å². The predicted octanol–water partition coefficient (Wildman–Crippen LogP) is 2.97. The summed E-state index contributed by atoms with van der Waals surface area (Å²) >= 11 is 0. The van der Waals surface area contributed by atoms with Crippen LogP contribution < -0.4 is 5.32 Å². The van der Waals surface area contributed by atoms with Crippen molar-refractivity contribution < 1.29 is 43.3 Å². The van der Waals surface area contributed by atoms with Gasteiger partial charge >= 0.3 is 11.9 Å². The lowest BCUT2D eigenvalue weighted by Gasteiger charge is -2.36. The van der Waals surface area contributed by atoms with E-state index in [0.717, 1.165) is 16.7 Å². The maximum Gasteiger partial charge on any atom is 0.323 e. The van der Waals surface area contributed by atoms with Gasteiger partial charge in [0.1, 0.15) is 24.4 Å². The molecule has 0 bridgehead atoms. The number of carbonyl (C=O) groups excluding carboxylic acids is 3. The number of hydrogen-bond donors (Lipinski definition) is 1. The number of nitrogens with one attached hydrogen (secondary N) is 1. The molecule has 0 fully saturated rings. The predicted molar refractivity (Wildman–Crippen MR) is 165 cm³/mol. The van der Waals surface area contributed by atoms with Gasteiger partial charge in [-0.2, -0.15) is 0 Å². The average molecular weight is 632 g/mol. The number of aryl methyl sites for hydroxylation is 1. The molecule has 0 spiro atoms. The Morgan fingerprint density at radius 3 is 2.51 bits per heavy atom. The van der Waals surface area contributed by atoms with Crippen molar-refractivity contribution in [1.82, 2.24) is 10.2 Å². The van der Waals surface area contributed by atoms with Crippen molar-refractivity contribution in [2.45, 2.75) is 57.7 Å². The number of nitrogens with zero attached hydrogens (tertiary/aromatic N) is 2. The normalized spacial score (nSPS) is 16.8. The lowest BCUT2D eigenvalue weighted by Crippen LogP contribution is -2.53. The van der Waals surface area contributed by atoms with Crippen LogP contribution in [0.15, 0.2) is 66.0 Å². The largest absolute Gasteiger partial charge is 0.499 e. The molecule has 1 heterocycles. The van der Waals surface area contributed by atoms with Crippen LogP contribution >= 0.6 is 0 Å². The van der Waals surface area contributed by atoms with E-state index in [1.807, 2.05) is 30.3 Å². The fourth-order valence-corrected chi connectivity index (χ4v) is 4.81. The Labute approximate surface area is 264 Å². The van der Waals surface area contributed by atoms with E-state index in [-0.39, 0.29) is 58.1 Å². The third-order valence-corrected chi connectivity index (χ3v) is 7.20. The summed E-state index contributed by atoms with van der Waals surface area (Å²) in [5.74, 6) is -0.720. The lowest BCUT2D eigenvalue weighted by atomic mass is 9.92. The van der Waals surface area contributed by atoms with Gasteiger partial charge in [-0.3, -0.25) is 24.6 Å². The van der Waals surface area contributed by atoms with Gasteiger partial charge in [0, 0.05) is 20.1 Å². The summed E-state index contributed by atoms with van der Waals surface area (Å²) in [5.41, 5.74) is 2.63. The zero-order valence-corrected chi connectivity index (χ0v) is 26.5. The maximum atomic E-state index is 13.5. The minimum atomic E-state index is -0.909. The number of allylic oxidation sites excluding steroid dienone is 1. The summed E-state index contributed by atoms with van der Waals surface area (Å²) in [6.07, 6.45) is 4.82. The molecule has 0 amide bonds. The molecule has 1 aliphatic heterocycles. The highest BCUT2D eigenvalue weighted by atomic mass is 16.9. The molecule has 0 saturated carbocycles. The van der Waals surface area contributed by atoms with E-state index >= 15 is 0 Å². The van der Waals surface area contributed by atoms with Crippen LogP contribution in [-0.4, -0.2) is 99.6 Å². The molecule has 13 nitrogen and oxygen atoms in total. The van der Waals surface area contributed by atoms with Crippen molar-refractivity contribution in [3.05, 3.63) is 81.6 Å². The third kappa shape index (κ3) is 12.8. The van der Waals surface area contributed by atoms with Gasteiger partial charge in [-0.15, -0.1) is 10.1 Å². The molecular weight excluding hydrogens is 586 g/mol. The molecule has 0 aliphatic carbocycles. The first-order valence-electron chi connectivity index (χ1n) is 14.9. The molecule has 1 aromatic rings. The number of carbonyl (C=O) groups is 3. The average Bonchev–Trinajstić information content (AvgIpc) is 3.03. The van der Waals surface area contributed by atoms with Crippen molar-refractivity contribution >= 4 is 17.7 Å². The lowest BCUT2D eigenvalue weighted by molar-refractivity contribution is -0.757. The summed E-state index contributed by atoms with van der Waals surface area (Å²) in [4.78, 5) is 56.0. The Balaban J connectivity index is 2.22.